The van der Waals surface area contributed by atoms with Crippen LogP contribution in [0.2, 0.25) is 0 Å². The first-order valence-corrected chi connectivity index (χ1v) is 14.7. The lowest BCUT2D eigenvalue weighted by atomic mass is 9.98. The van der Waals surface area contributed by atoms with Gasteiger partial charge in [-0.15, -0.1) is 11.3 Å². The van der Waals surface area contributed by atoms with Crippen molar-refractivity contribution in [2.45, 2.75) is 51.2 Å². The molecule has 2 fully saturated rings. The highest BCUT2D eigenvalue weighted by atomic mass is 127. The average molecular weight is 627 g/mol. The van der Waals surface area contributed by atoms with Gasteiger partial charge in [0.1, 0.15) is 14.1 Å². The molecule has 1 aromatic rings. The summed E-state index contributed by atoms with van der Waals surface area (Å²) < 4.78 is 30.3. The van der Waals surface area contributed by atoms with Gasteiger partial charge in [-0.25, -0.2) is 18.0 Å². The maximum absolute atomic E-state index is 12.6. The molecule has 0 aromatic heterocycles. The van der Waals surface area contributed by atoms with Gasteiger partial charge in [0.25, 0.3) is 0 Å². The fourth-order valence-electron chi connectivity index (χ4n) is 4.82. The van der Waals surface area contributed by atoms with Gasteiger partial charge < -0.3 is 28.9 Å². The van der Waals surface area contributed by atoms with Crippen LogP contribution in [-0.4, -0.2) is 63.2 Å². The van der Waals surface area contributed by atoms with E-state index >= 15 is 0 Å². The van der Waals surface area contributed by atoms with Crippen molar-refractivity contribution in [1.29, 1.82) is 0 Å². The SMILES string of the molecule is CCc1cc(N2CCN(S(=O)(=O)C3CC3)CC2)cc2sc3cc(=[N+](C)C)cc(C(C)C)c-3nc12.[I-]. The van der Waals surface area contributed by atoms with E-state index in [1.165, 1.54) is 31.7 Å². The number of piperazine rings is 1. The first-order valence-electron chi connectivity index (χ1n) is 12.3. The number of hydrogen-bond acceptors (Lipinski definition) is 5. The van der Waals surface area contributed by atoms with Crippen LogP contribution in [0.15, 0.2) is 24.3 Å². The van der Waals surface area contributed by atoms with Crippen LogP contribution in [0.25, 0.3) is 20.8 Å². The van der Waals surface area contributed by atoms with Crippen molar-refractivity contribution in [2.75, 3.05) is 45.2 Å². The number of halogens is 1. The van der Waals surface area contributed by atoms with Gasteiger partial charge in [0.15, 0.2) is 0 Å². The highest BCUT2D eigenvalue weighted by Crippen LogP contribution is 2.38. The van der Waals surface area contributed by atoms with E-state index in [1.807, 2.05) is 11.3 Å². The van der Waals surface area contributed by atoms with Crippen LogP contribution in [0.4, 0.5) is 5.69 Å². The molecule has 1 saturated heterocycles. The number of benzene rings is 2. The minimum absolute atomic E-state index is 0. The van der Waals surface area contributed by atoms with Crippen LogP contribution in [-0.2, 0) is 16.4 Å². The van der Waals surface area contributed by atoms with E-state index in [2.05, 4.69) is 68.6 Å². The summed E-state index contributed by atoms with van der Waals surface area (Å²) in [6.45, 7) is 9.26. The van der Waals surface area contributed by atoms with Gasteiger partial charge in [-0.1, -0.05) is 20.8 Å². The third-order valence-electron chi connectivity index (χ3n) is 7.10. The van der Waals surface area contributed by atoms with Crippen molar-refractivity contribution in [3.63, 3.8) is 0 Å². The zero-order valence-corrected chi connectivity index (χ0v) is 25.0. The van der Waals surface area contributed by atoms with Crippen molar-refractivity contribution >= 4 is 37.3 Å². The van der Waals surface area contributed by atoms with E-state index in [1.54, 1.807) is 4.31 Å². The predicted octanol–water partition coefficient (Wildman–Crippen LogP) is 0.737. The second-order valence-electron chi connectivity index (χ2n) is 10.1. The topological polar surface area (TPSA) is 56.5 Å². The Bertz CT molecular complexity index is 1380. The van der Waals surface area contributed by atoms with E-state index in [4.69, 9.17) is 4.98 Å². The summed E-state index contributed by atoms with van der Waals surface area (Å²) >= 11 is 1.82. The Balaban J connectivity index is 0.00000289. The Morgan fingerprint density at radius 1 is 1.09 bits per heavy atom. The van der Waals surface area contributed by atoms with Gasteiger partial charge in [-0.3, -0.25) is 0 Å². The summed E-state index contributed by atoms with van der Waals surface area (Å²) in [5.74, 6) is 0.395. The summed E-state index contributed by atoms with van der Waals surface area (Å²) in [7, 11) is 1.07. The Hall–Kier alpha value is -1.30. The largest absolute Gasteiger partial charge is 1.00 e. The number of nitrogens with zero attached hydrogens (tertiary/aromatic N) is 4. The lowest BCUT2D eigenvalue weighted by molar-refractivity contribution is -0.00000956. The van der Waals surface area contributed by atoms with Crippen LogP contribution in [0.3, 0.4) is 0 Å². The van der Waals surface area contributed by atoms with E-state index in [9.17, 15) is 8.42 Å². The quantitative estimate of drug-likeness (QED) is 0.238. The van der Waals surface area contributed by atoms with Gasteiger partial charge in [-0.05, 0) is 48.4 Å². The van der Waals surface area contributed by atoms with Crippen molar-refractivity contribution in [2.24, 2.45) is 0 Å². The van der Waals surface area contributed by atoms with E-state index in [0.717, 1.165) is 43.6 Å². The lowest BCUT2D eigenvalue weighted by Gasteiger charge is -2.35. The highest BCUT2D eigenvalue weighted by Gasteiger charge is 2.41. The number of rotatable bonds is 5. The number of fused-ring (bicyclic) bond motifs is 2. The molecule has 2 aliphatic heterocycles. The Labute approximate surface area is 230 Å². The zero-order valence-electron chi connectivity index (χ0n) is 21.2. The second-order valence-corrected chi connectivity index (χ2v) is 13.4. The van der Waals surface area contributed by atoms with Gasteiger partial charge in [0.2, 0.25) is 15.4 Å². The molecule has 0 unspecified atom stereocenters. The predicted molar refractivity (Wildman–Crippen MR) is 143 cm³/mol. The third kappa shape index (κ3) is 5.10. The number of aryl methyl sites for hydroxylation is 1. The summed E-state index contributed by atoms with van der Waals surface area (Å²) in [6, 6.07) is 9.04. The zero-order chi connectivity index (χ0) is 24.2. The van der Waals surface area contributed by atoms with Crippen molar-refractivity contribution < 1.29 is 32.4 Å². The lowest BCUT2D eigenvalue weighted by Crippen LogP contribution is -3.00. The molecule has 0 bridgehead atoms. The molecule has 9 heteroatoms. The van der Waals surface area contributed by atoms with Crippen LogP contribution in [0.1, 0.15) is 50.7 Å². The molecule has 0 atom stereocenters. The average Bonchev–Trinajstić information content (AvgIpc) is 3.67. The monoisotopic (exact) mass is 626 g/mol. The van der Waals surface area contributed by atoms with Crippen LogP contribution in [0, 0.1) is 0 Å². The maximum Gasteiger partial charge on any atom is 0.217 e. The Morgan fingerprint density at radius 3 is 2.34 bits per heavy atom. The van der Waals surface area contributed by atoms with Crippen LogP contribution >= 0.6 is 11.3 Å². The number of anilines is 1. The third-order valence-corrected chi connectivity index (χ3v) is 10.6. The summed E-state index contributed by atoms with van der Waals surface area (Å²) in [6.07, 6.45) is 2.56. The normalized spacial score (nSPS) is 17.3. The van der Waals surface area contributed by atoms with Gasteiger partial charge in [0.05, 0.1) is 26.0 Å². The number of aromatic nitrogens is 1. The first kappa shape index (κ1) is 26.8. The molecule has 4 aliphatic rings. The minimum atomic E-state index is -3.09. The van der Waals surface area contributed by atoms with Crippen LogP contribution in [0.5, 0.6) is 0 Å². The van der Waals surface area contributed by atoms with Crippen molar-refractivity contribution in [1.82, 2.24) is 13.9 Å². The van der Waals surface area contributed by atoms with E-state index < -0.39 is 10.0 Å². The fourth-order valence-corrected chi connectivity index (χ4v) is 7.78. The van der Waals surface area contributed by atoms with Gasteiger partial charge in [-0.2, -0.15) is 4.31 Å². The number of sulfonamides is 1. The fraction of sp³-hybridized carbons (Fsp3) is 0.538. The van der Waals surface area contributed by atoms with Crippen molar-refractivity contribution in [3.8, 4) is 10.6 Å². The summed E-state index contributed by atoms with van der Waals surface area (Å²) in [5, 5.41) is 1.07. The molecule has 5 rings (SSSR count). The molecular formula is C26H35IN4O2S2. The van der Waals surface area contributed by atoms with Crippen LogP contribution < -0.4 is 38.8 Å². The standard InChI is InChI=1S/C26H35N4O2S2.HI/c1-6-18-13-20(29-9-11-30(12-10-29)34(31,32)21-7-8-21)16-23-25(18)27-26-22(17(2)3)14-19(28(4)5)15-24(26)33-23;/h13-17,21H,6-12H2,1-5H3;1H/q+1;/p-1. The molecule has 1 aromatic carbocycles. The Kier molecular flexibility index (Phi) is 7.81. The molecule has 0 amide bonds. The van der Waals surface area contributed by atoms with Gasteiger partial charge >= 0.3 is 0 Å². The second kappa shape index (κ2) is 10.2. The first-order chi connectivity index (χ1) is 16.2. The van der Waals surface area contributed by atoms with E-state index in [0.29, 0.717) is 19.0 Å². The van der Waals surface area contributed by atoms with E-state index in [-0.39, 0.29) is 29.2 Å². The molecule has 2 heterocycles. The molecule has 2 aliphatic carbocycles. The molecule has 0 N–H and O–H groups in total. The summed E-state index contributed by atoms with van der Waals surface area (Å²) in [5.41, 5.74) is 5.93. The highest BCUT2D eigenvalue weighted by molar-refractivity contribution is 7.90. The maximum atomic E-state index is 12.6. The molecular weight excluding hydrogens is 591 g/mol. The molecule has 35 heavy (non-hydrogen) atoms. The number of hydrogen-bond donors (Lipinski definition) is 0. The smallest absolute Gasteiger partial charge is 0.217 e. The molecule has 0 spiro atoms. The summed E-state index contributed by atoms with van der Waals surface area (Å²) in [4.78, 5) is 8.76. The van der Waals surface area contributed by atoms with Crippen molar-refractivity contribution in [3.05, 3.63) is 40.7 Å². The molecule has 0 radical (unpaired) electrons. The molecule has 6 nitrogen and oxygen atoms in total. The van der Waals surface area contributed by atoms with Gasteiger partial charge in [0, 0.05) is 44.0 Å². The Morgan fingerprint density at radius 2 is 1.77 bits per heavy atom. The molecule has 1 saturated carbocycles. The molecule has 190 valence electrons. The minimum Gasteiger partial charge on any atom is -1.00 e.